The molecule has 0 bridgehead atoms. The molecule has 7 heteroatoms. The van der Waals surface area contributed by atoms with Crippen molar-refractivity contribution in [1.82, 2.24) is 15.1 Å². The highest BCUT2D eigenvalue weighted by Gasteiger charge is 2.18. The van der Waals surface area contributed by atoms with E-state index in [1.54, 1.807) is 32.7 Å². The van der Waals surface area contributed by atoms with Crippen molar-refractivity contribution in [2.24, 2.45) is 0 Å². The second-order valence-electron chi connectivity index (χ2n) is 9.64. The SMILES string of the molecule is CN1CCN(c2ccc(-c3cccc(CN(C)C(=O)CNC(=O)OC(C)(C)C)c3)cc2)CC1. The number of hydrogen-bond acceptors (Lipinski definition) is 5. The van der Waals surface area contributed by atoms with Crippen LogP contribution in [0.15, 0.2) is 48.5 Å². The van der Waals surface area contributed by atoms with Crippen LogP contribution in [-0.2, 0) is 16.1 Å². The van der Waals surface area contributed by atoms with Crippen molar-refractivity contribution in [2.75, 3.05) is 51.7 Å². The maximum Gasteiger partial charge on any atom is 0.408 e. The molecule has 1 N–H and O–H groups in total. The number of nitrogens with one attached hydrogen (secondary N) is 1. The number of benzene rings is 2. The van der Waals surface area contributed by atoms with Crippen LogP contribution in [0.1, 0.15) is 26.3 Å². The van der Waals surface area contributed by atoms with E-state index < -0.39 is 11.7 Å². The zero-order valence-electron chi connectivity index (χ0n) is 20.4. The molecule has 0 saturated carbocycles. The van der Waals surface area contributed by atoms with E-state index in [0.717, 1.165) is 42.9 Å². The number of anilines is 1. The fraction of sp³-hybridized carbons (Fsp3) is 0.462. The van der Waals surface area contributed by atoms with E-state index in [0.29, 0.717) is 6.54 Å². The number of rotatable bonds is 6. The molecule has 3 rings (SSSR count). The Kier molecular flexibility index (Phi) is 7.97. The maximum absolute atomic E-state index is 12.4. The van der Waals surface area contributed by atoms with Crippen LogP contribution in [-0.4, -0.2) is 74.2 Å². The molecular formula is C26H36N4O3. The van der Waals surface area contributed by atoms with Crippen molar-refractivity contribution in [3.63, 3.8) is 0 Å². The van der Waals surface area contributed by atoms with Crippen LogP contribution >= 0.6 is 0 Å². The molecule has 33 heavy (non-hydrogen) atoms. The smallest absolute Gasteiger partial charge is 0.408 e. The van der Waals surface area contributed by atoms with E-state index in [2.05, 4.69) is 58.6 Å². The summed E-state index contributed by atoms with van der Waals surface area (Å²) < 4.78 is 5.18. The Balaban J connectivity index is 1.57. The molecule has 7 nitrogen and oxygen atoms in total. The van der Waals surface area contributed by atoms with Gasteiger partial charge in [0.1, 0.15) is 12.1 Å². The Labute approximate surface area is 197 Å². The summed E-state index contributed by atoms with van der Waals surface area (Å²) in [6.07, 6.45) is -0.591. The number of alkyl carbamates (subject to hydrolysis) is 1. The summed E-state index contributed by atoms with van der Waals surface area (Å²) in [5, 5.41) is 2.52. The van der Waals surface area contributed by atoms with Crippen LogP contribution in [0, 0.1) is 0 Å². The van der Waals surface area contributed by atoms with Crippen LogP contribution in [0.3, 0.4) is 0 Å². The standard InChI is InChI=1S/C26H36N4O3/c1-26(2,3)33-25(32)27-18-24(31)29(5)19-20-7-6-8-22(17-20)21-9-11-23(12-10-21)30-15-13-28(4)14-16-30/h6-12,17H,13-16,18-19H2,1-5H3,(H,27,32). The lowest BCUT2D eigenvalue weighted by molar-refractivity contribution is -0.129. The first-order valence-corrected chi connectivity index (χ1v) is 11.4. The van der Waals surface area contributed by atoms with E-state index >= 15 is 0 Å². The molecule has 1 heterocycles. The maximum atomic E-state index is 12.4. The molecule has 0 aliphatic carbocycles. The number of amides is 2. The van der Waals surface area contributed by atoms with Crippen molar-refractivity contribution in [3.05, 3.63) is 54.1 Å². The lowest BCUT2D eigenvalue weighted by Gasteiger charge is -2.34. The monoisotopic (exact) mass is 452 g/mol. The highest BCUT2D eigenvalue weighted by molar-refractivity contribution is 5.82. The van der Waals surface area contributed by atoms with E-state index in [1.807, 2.05) is 12.1 Å². The van der Waals surface area contributed by atoms with Gasteiger partial charge in [-0.25, -0.2) is 4.79 Å². The molecule has 0 aromatic heterocycles. The average Bonchev–Trinajstić information content (AvgIpc) is 2.77. The third-order valence-electron chi connectivity index (χ3n) is 5.62. The second kappa shape index (κ2) is 10.7. The van der Waals surface area contributed by atoms with Gasteiger partial charge in [0.2, 0.25) is 5.91 Å². The van der Waals surface area contributed by atoms with Crippen molar-refractivity contribution in [3.8, 4) is 11.1 Å². The Hall–Kier alpha value is -3.06. The lowest BCUT2D eigenvalue weighted by Crippen LogP contribution is -2.44. The summed E-state index contributed by atoms with van der Waals surface area (Å²) in [6.45, 7) is 9.99. The number of ether oxygens (including phenoxy) is 1. The molecule has 1 fully saturated rings. The van der Waals surface area contributed by atoms with Gasteiger partial charge in [-0.15, -0.1) is 0 Å². The van der Waals surface area contributed by atoms with Crippen LogP contribution in [0.2, 0.25) is 0 Å². The van der Waals surface area contributed by atoms with Gasteiger partial charge in [-0.2, -0.15) is 0 Å². The molecule has 0 spiro atoms. The van der Waals surface area contributed by atoms with Gasteiger partial charge in [-0.3, -0.25) is 4.79 Å². The Morgan fingerprint density at radius 2 is 1.67 bits per heavy atom. The summed E-state index contributed by atoms with van der Waals surface area (Å²) in [7, 11) is 3.90. The van der Waals surface area contributed by atoms with E-state index in [4.69, 9.17) is 4.74 Å². The molecule has 2 amide bonds. The topological polar surface area (TPSA) is 65.1 Å². The van der Waals surface area contributed by atoms with Crippen LogP contribution in [0.5, 0.6) is 0 Å². The fourth-order valence-electron chi connectivity index (χ4n) is 3.74. The van der Waals surface area contributed by atoms with Gasteiger partial charge in [0.05, 0.1) is 0 Å². The van der Waals surface area contributed by atoms with Gasteiger partial charge >= 0.3 is 6.09 Å². The number of piperazine rings is 1. The normalized spacial score (nSPS) is 14.6. The zero-order valence-corrected chi connectivity index (χ0v) is 20.4. The summed E-state index contributed by atoms with van der Waals surface area (Å²) in [6, 6.07) is 16.9. The minimum absolute atomic E-state index is 0.0984. The molecule has 178 valence electrons. The summed E-state index contributed by atoms with van der Waals surface area (Å²) >= 11 is 0. The van der Waals surface area contributed by atoms with Gasteiger partial charge in [-0.05, 0) is 62.7 Å². The Morgan fingerprint density at radius 1 is 1.00 bits per heavy atom. The van der Waals surface area contributed by atoms with Gasteiger partial charge < -0.3 is 24.8 Å². The Morgan fingerprint density at radius 3 is 2.30 bits per heavy atom. The summed E-state index contributed by atoms with van der Waals surface area (Å²) in [5.41, 5.74) is 3.96. The van der Waals surface area contributed by atoms with Gasteiger partial charge in [0, 0.05) is 45.5 Å². The minimum Gasteiger partial charge on any atom is -0.444 e. The molecular weight excluding hydrogens is 416 g/mol. The van der Waals surface area contributed by atoms with Gasteiger partial charge in [-0.1, -0.05) is 30.3 Å². The first-order valence-electron chi connectivity index (χ1n) is 11.4. The zero-order chi connectivity index (χ0) is 24.0. The molecule has 0 radical (unpaired) electrons. The first kappa shape index (κ1) is 24.6. The predicted molar refractivity (Wildman–Crippen MR) is 132 cm³/mol. The van der Waals surface area contributed by atoms with Crippen LogP contribution in [0.25, 0.3) is 11.1 Å². The average molecular weight is 453 g/mol. The van der Waals surface area contributed by atoms with Gasteiger partial charge in [0.25, 0.3) is 0 Å². The number of carbonyl (C=O) groups is 2. The van der Waals surface area contributed by atoms with E-state index in [-0.39, 0.29) is 12.5 Å². The largest absolute Gasteiger partial charge is 0.444 e. The van der Waals surface area contributed by atoms with Crippen molar-refractivity contribution in [2.45, 2.75) is 32.9 Å². The molecule has 2 aromatic rings. The van der Waals surface area contributed by atoms with Crippen molar-refractivity contribution >= 4 is 17.7 Å². The second-order valence-corrected chi connectivity index (χ2v) is 9.64. The number of carbonyl (C=O) groups excluding carboxylic acids is 2. The quantitative estimate of drug-likeness (QED) is 0.726. The van der Waals surface area contributed by atoms with Gasteiger partial charge in [0.15, 0.2) is 0 Å². The molecule has 1 aliphatic rings. The molecule has 2 aromatic carbocycles. The lowest BCUT2D eigenvalue weighted by atomic mass is 10.0. The fourth-order valence-corrected chi connectivity index (χ4v) is 3.74. The van der Waals surface area contributed by atoms with E-state index in [1.165, 1.54) is 5.69 Å². The molecule has 0 unspecified atom stereocenters. The van der Waals surface area contributed by atoms with Crippen LogP contribution in [0.4, 0.5) is 10.5 Å². The first-order chi connectivity index (χ1) is 15.6. The molecule has 0 atom stereocenters. The van der Waals surface area contributed by atoms with Crippen LogP contribution < -0.4 is 10.2 Å². The van der Waals surface area contributed by atoms with E-state index in [9.17, 15) is 9.59 Å². The number of nitrogens with zero attached hydrogens (tertiary/aromatic N) is 3. The third kappa shape index (κ3) is 7.49. The number of likely N-dealkylation sites (N-methyl/N-ethyl adjacent to an activating group) is 2. The highest BCUT2D eigenvalue weighted by Crippen LogP contribution is 2.25. The molecule has 1 saturated heterocycles. The molecule has 1 aliphatic heterocycles. The number of hydrogen-bond donors (Lipinski definition) is 1. The summed E-state index contributed by atoms with van der Waals surface area (Å²) in [5.74, 6) is -0.178. The minimum atomic E-state index is -0.595. The highest BCUT2D eigenvalue weighted by atomic mass is 16.6. The summed E-state index contributed by atoms with van der Waals surface area (Å²) in [4.78, 5) is 30.6. The third-order valence-corrected chi connectivity index (χ3v) is 5.62. The van der Waals surface area contributed by atoms with Crippen molar-refractivity contribution in [1.29, 1.82) is 0 Å². The Bertz CT molecular complexity index is 945. The van der Waals surface area contributed by atoms with Crippen molar-refractivity contribution < 1.29 is 14.3 Å². The predicted octanol–water partition coefficient (Wildman–Crippen LogP) is 3.59.